The van der Waals surface area contributed by atoms with Gasteiger partial charge in [0.05, 0.1) is 61.6 Å². The number of aromatic nitrogens is 4. The number of H-pyrrole nitrogens is 2. The Balaban J connectivity index is 0.890. The average Bonchev–Trinajstić information content (AvgIpc) is 4.21. The molecule has 4 unspecified atom stereocenters. The molecule has 0 saturated carbocycles. The van der Waals surface area contributed by atoms with Crippen LogP contribution in [0.5, 0.6) is 0 Å². The van der Waals surface area contributed by atoms with Gasteiger partial charge in [-0.25, -0.2) is 19.2 Å². The summed E-state index contributed by atoms with van der Waals surface area (Å²) in [6.45, 7) is 1.09. The first-order valence-corrected chi connectivity index (χ1v) is 22.2. The van der Waals surface area contributed by atoms with E-state index in [0.717, 1.165) is 41.5 Å². The van der Waals surface area contributed by atoms with Gasteiger partial charge in [0.1, 0.15) is 34.9 Å². The zero-order valence-corrected chi connectivity index (χ0v) is 36.7. The Labute approximate surface area is 380 Å². The zero-order valence-electron chi connectivity index (χ0n) is 36.7. The molecule has 14 nitrogen and oxygen atoms in total. The lowest BCUT2D eigenvalue weighted by molar-refractivity contribution is -0.141. The van der Waals surface area contributed by atoms with Crippen LogP contribution in [0.2, 0.25) is 0 Å². The minimum Gasteiger partial charge on any atom is -0.469 e. The SMILES string of the molecule is COC(=O)CCCC(C(=O)N1CCCC1c1ncc(-c2ccc3oc(-c4ccc(-c5cnc(C6CCCN6C(=O)C(NC(=O)OC)c6ccccc6)[nH]5)cc4F)cc3c2)[nH]1)c1ccccc1. The van der Waals surface area contributed by atoms with Gasteiger partial charge < -0.3 is 39.0 Å². The van der Waals surface area contributed by atoms with Gasteiger partial charge in [0, 0.05) is 36.0 Å². The molecule has 0 aliphatic carbocycles. The number of imidazole rings is 2. The van der Waals surface area contributed by atoms with Crippen molar-refractivity contribution in [2.75, 3.05) is 27.3 Å². The van der Waals surface area contributed by atoms with Gasteiger partial charge in [0.25, 0.3) is 5.91 Å². The van der Waals surface area contributed by atoms with Gasteiger partial charge in [0.15, 0.2) is 0 Å². The fraction of sp³-hybridized carbons (Fsp3) is 0.294. The highest BCUT2D eigenvalue weighted by atomic mass is 19.1. The van der Waals surface area contributed by atoms with Crippen molar-refractivity contribution in [3.8, 4) is 33.8 Å². The number of esters is 1. The molecule has 3 aromatic heterocycles. The fourth-order valence-corrected chi connectivity index (χ4v) is 9.31. The molecule has 2 fully saturated rings. The predicted octanol–water partition coefficient (Wildman–Crippen LogP) is 9.57. The second-order valence-corrected chi connectivity index (χ2v) is 16.7. The van der Waals surface area contributed by atoms with Crippen LogP contribution in [0, 0.1) is 5.82 Å². The number of carbonyl (C=O) groups is 4. The van der Waals surface area contributed by atoms with Crippen LogP contribution in [-0.2, 0) is 23.9 Å². The standard InChI is InChI=1S/C51H50FN7O7/c1-64-45(60)19-9-16-36(31-12-5-3-6-13-31)49(61)58-24-10-17-41(58)47-53-29-39(55-47)33-21-23-43-35(26-33)28-44(66-43)37-22-20-34(27-38(37)52)40-30-54-48(56-40)42-18-11-25-59(42)50(62)46(57-51(63)65-2)32-14-7-4-8-15-32/h3-8,12-15,20-23,26-30,36,41-42,46H,9-11,16-19,24-25H2,1-2H3,(H,53,55)(H,54,56)(H,57,63). The molecule has 9 rings (SSSR count). The van der Waals surface area contributed by atoms with Crippen molar-refractivity contribution in [3.63, 3.8) is 0 Å². The van der Waals surface area contributed by atoms with Gasteiger partial charge >= 0.3 is 12.1 Å². The number of hydrogen-bond acceptors (Lipinski definition) is 9. The highest BCUT2D eigenvalue weighted by molar-refractivity contribution is 5.89. The lowest BCUT2D eigenvalue weighted by Crippen LogP contribution is -2.42. The molecule has 0 spiro atoms. The summed E-state index contributed by atoms with van der Waals surface area (Å²) < 4.78 is 31.8. The number of nitrogens with one attached hydrogen (secondary N) is 3. The third-order valence-electron chi connectivity index (χ3n) is 12.7. The topological polar surface area (TPSA) is 176 Å². The Morgan fingerprint density at radius 3 is 1.98 bits per heavy atom. The van der Waals surface area contributed by atoms with Crippen molar-refractivity contribution >= 4 is 34.8 Å². The lowest BCUT2D eigenvalue weighted by Gasteiger charge is -2.28. The van der Waals surface area contributed by atoms with E-state index in [9.17, 15) is 19.2 Å². The molecule has 66 heavy (non-hydrogen) atoms. The molecule has 4 aromatic carbocycles. The van der Waals surface area contributed by atoms with E-state index in [1.165, 1.54) is 20.3 Å². The van der Waals surface area contributed by atoms with E-state index in [4.69, 9.17) is 18.9 Å². The number of amides is 3. The first kappa shape index (κ1) is 43.7. The molecule has 15 heteroatoms. The van der Waals surface area contributed by atoms with Crippen LogP contribution in [0.25, 0.3) is 44.8 Å². The number of likely N-dealkylation sites (tertiary alicyclic amines) is 2. The molecule has 338 valence electrons. The van der Waals surface area contributed by atoms with Crippen LogP contribution in [0.3, 0.4) is 0 Å². The molecule has 4 atom stereocenters. The van der Waals surface area contributed by atoms with Gasteiger partial charge in [0.2, 0.25) is 5.91 Å². The predicted molar refractivity (Wildman–Crippen MR) is 244 cm³/mol. The van der Waals surface area contributed by atoms with Crippen LogP contribution < -0.4 is 5.32 Å². The minimum absolute atomic E-state index is 0.0162. The number of aromatic amines is 2. The molecule has 2 aliphatic rings. The largest absolute Gasteiger partial charge is 0.469 e. The first-order valence-electron chi connectivity index (χ1n) is 22.2. The highest BCUT2D eigenvalue weighted by Crippen LogP contribution is 2.39. The minimum atomic E-state index is -0.942. The van der Waals surface area contributed by atoms with E-state index in [1.54, 1.807) is 53.7 Å². The number of nitrogens with zero attached hydrogens (tertiary/aromatic N) is 4. The van der Waals surface area contributed by atoms with Crippen molar-refractivity contribution in [2.24, 2.45) is 0 Å². The summed E-state index contributed by atoms with van der Waals surface area (Å²) in [6, 6.07) is 29.6. The molecule has 3 amide bonds. The van der Waals surface area contributed by atoms with Gasteiger partial charge in [-0.2, -0.15) is 0 Å². The van der Waals surface area contributed by atoms with E-state index < -0.39 is 23.9 Å². The maximum Gasteiger partial charge on any atom is 0.407 e. The second-order valence-electron chi connectivity index (χ2n) is 16.7. The third kappa shape index (κ3) is 9.05. The van der Waals surface area contributed by atoms with Crippen molar-refractivity contribution in [1.29, 1.82) is 0 Å². The summed E-state index contributed by atoms with van der Waals surface area (Å²) in [7, 11) is 2.63. The Morgan fingerprint density at radius 1 is 0.758 bits per heavy atom. The van der Waals surface area contributed by atoms with E-state index >= 15 is 4.39 Å². The van der Waals surface area contributed by atoms with E-state index in [2.05, 4.69) is 20.3 Å². The van der Waals surface area contributed by atoms with Crippen LogP contribution in [0.4, 0.5) is 9.18 Å². The van der Waals surface area contributed by atoms with Gasteiger partial charge in [-0.1, -0.05) is 66.7 Å². The number of halogens is 1. The number of furan rings is 1. The number of rotatable bonds is 14. The Hall–Kier alpha value is -7.55. The average molecular weight is 892 g/mol. The van der Waals surface area contributed by atoms with Crippen LogP contribution in [0.1, 0.15) is 91.8 Å². The number of alkyl carbamates (subject to hydrolysis) is 1. The summed E-state index contributed by atoms with van der Waals surface area (Å²) in [5.41, 5.74) is 5.24. The highest BCUT2D eigenvalue weighted by Gasteiger charge is 2.38. The summed E-state index contributed by atoms with van der Waals surface area (Å²) >= 11 is 0. The maximum atomic E-state index is 16.0. The molecule has 7 aromatic rings. The third-order valence-corrected chi connectivity index (χ3v) is 12.7. The molecule has 2 aliphatic heterocycles. The van der Waals surface area contributed by atoms with Crippen molar-refractivity contribution in [2.45, 2.75) is 69.0 Å². The van der Waals surface area contributed by atoms with Crippen LogP contribution >= 0.6 is 0 Å². The molecule has 2 saturated heterocycles. The van der Waals surface area contributed by atoms with Gasteiger partial charge in [-0.15, -0.1) is 0 Å². The maximum absolute atomic E-state index is 16.0. The smallest absolute Gasteiger partial charge is 0.407 e. The van der Waals surface area contributed by atoms with Crippen molar-refractivity contribution in [3.05, 3.63) is 144 Å². The Morgan fingerprint density at radius 2 is 1.36 bits per heavy atom. The van der Waals surface area contributed by atoms with Crippen molar-refractivity contribution < 1.29 is 37.5 Å². The molecular weight excluding hydrogens is 842 g/mol. The summed E-state index contributed by atoms with van der Waals surface area (Å²) in [6.07, 6.45) is 7.03. The quantitative estimate of drug-likeness (QED) is 0.0898. The van der Waals surface area contributed by atoms with Crippen molar-refractivity contribution in [1.82, 2.24) is 35.1 Å². The Kier molecular flexibility index (Phi) is 12.8. The van der Waals surface area contributed by atoms with E-state index in [1.807, 2.05) is 65.6 Å². The van der Waals surface area contributed by atoms with E-state index in [0.29, 0.717) is 77.7 Å². The molecule has 5 heterocycles. The molecule has 3 N–H and O–H groups in total. The van der Waals surface area contributed by atoms with Crippen LogP contribution in [0.15, 0.2) is 120 Å². The first-order chi connectivity index (χ1) is 32.2. The van der Waals surface area contributed by atoms with Gasteiger partial charge in [-0.3, -0.25) is 14.4 Å². The van der Waals surface area contributed by atoms with Gasteiger partial charge in [-0.05, 0) is 86.1 Å². The number of carbonyl (C=O) groups excluding carboxylic acids is 4. The second kappa shape index (κ2) is 19.3. The van der Waals surface area contributed by atoms with E-state index in [-0.39, 0.29) is 36.3 Å². The fourth-order valence-electron chi connectivity index (χ4n) is 9.31. The number of fused-ring (bicyclic) bond motifs is 1. The molecule has 0 radical (unpaired) electrons. The zero-order chi connectivity index (χ0) is 45.7. The lowest BCUT2D eigenvalue weighted by atomic mass is 9.91. The summed E-state index contributed by atoms with van der Waals surface area (Å²) in [5, 5.41) is 3.46. The number of benzene rings is 4. The molecule has 0 bridgehead atoms. The molecular formula is C51H50FN7O7. The summed E-state index contributed by atoms with van der Waals surface area (Å²) in [5.74, 6) is 0.213. The Bertz CT molecular complexity index is 2860. The van der Waals surface area contributed by atoms with Crippen LogP contribution in [-0.4, -0.2) is 80.9 Å². The monoisotopic (exact) mass is 891 g/mol. The number of ether oxygens (including phenoxy) is 2. The number of hydrogen-bond donors (Lipinski definition) is 3. The number of methoxy groups -OCH3 is 2. The summed E-state index contributed by atoms with van der Waals surface area (Å²) in [4.78, 5) is 72.1. The normalized spacial score (nSPS) is 16.9.